The number of carbonyl (C=O) groups excluding carboxylic acids is 2. The van der Waals surface area contributed by atoms with Crippen LogP contribution in [0.25, 0.3) is 10.2 Å². The van der Waals surface area contributed by atoms with Crippen LogP contribution >= 0.6 is 11.3 Å². The quantitative estimate of drug-likeness (QED) is 0.784. The Balaban J connectivity index is 2.06. The highest BCUT2D eigenvalue weighted by Crippen LogP contribution is 2.27. The fraction of sp³-hybridized carbons (Fsp3) is 0.471. The van der Waals surface area contributed by atoms with Crippen molar-refractivity contribution in [2.45, 2.75) is 45.7 Å². The highest BCUT2D eigenvalue weighted by atomic mass is 32.1. The molecule has 2 rings (SSSR count). The molecule has 2 N–H and O–H groups in total. The van der Waals surface area contributed by atoms with Crippen molar-refractivity contribution in [3.05, 3.63) is 29.0 Å². The van der Waals surface area contributed by atoms with Crippen molar-refractivity contribution < 1.29 is 18.7 Å². The van der Waals surface area contributed by atoms with E-state index in [9.17, 15) is 14.0 Å². The molecule has 1 aromatic carbocycles. The Morgan fingerprint density at radius 3 is 2.76 bits per heavy atom. The molecule has 1 aromatic heterocycles. The van der Waals surface area contributed by atoms with E-state index in [2.05, 4.69) is 15.6 Å². The van der Waals surface area contributed by atoms with Crippen LogP contribution in [0, 0.1) is 5.82 Å². The first-order valence-corrected chi connectivity index (χ1v) is 9.05. The number of alkyl carbamates (subject to hydrolysis) is 1. The molecule has 136 valence electrons. The SMILES string of the molecule is CCC[C@H](NC(=O)OCC)C(=O)N[C@H](C)c1nc2ccc(F)cc2s1. The fourth-order valence-electron chi connectivity index (χ4n) is 2.35. The number of hydrogen-bond acceptors (Lipinski definition) is 5. The highest BCUT2D eigenvalue weighted by Gasteiger charge is 2.23. The molecule has 8 heteroatoms. The third-order valence-electron chi connectivity index (χ3n) is 3.56. The third-order valence-corrected chi connectivity index (χ3v) is 4.76. The molecule has 0 aliphatic carbocycles. The Kier molecular flexibility index (Phi) is 6.69. The number of thiazole rings is 1. The van der Waals surface area contributed by atoms with Gasteiger partial charge in [-0.2, -0.15) is 0 Å². The van der Waals surface area contributed by atoms with Gasteiger partial charge in [0.2, 0.25) is 5.91 Å². The average Bonchev–Trinajstić information content (AvgIpc) is 2.97. The van der Waals surface area contributed by atoms with E-state index in [1.54, 1.807) is 19.9 Å². The number of carbonyl (C=O) groups is 2. The van der Waals surface area contributed by atoms with Gasteiger partial charge >= 0.3 is 6.09 Å². The molecular formula is C17H22FN3O3S. The Bertz CT molecular complexity index is 750. The second kappa shape index (κ2) is 8.75. The molecule has 0 aliphatic heterocycles. The monoisotopic (exact) mass is 367 g/mol. The van der Waals surface area contributed by atoms with E-state index < -0.39 is 12.1 Å². The van der Waals surface area contributed by atoms with Crippen LogP contribution < -0.4 is 10.6 Å². The summed E-state index contributed by atoms with van der Waals surface area (Å²) in [4.78, 5) is 28.5. The number of hydrogen-bond donors (Lipinski definition) is 2. The summed E-state index contributed by atoms with van der Waals surface area (Å²) in [5.41, 5.74) is 0.692. The van der Waals surface area contributed by atoms with E-state index in [4.69, 9.17) is 4.74 Å². The van der Waals surface area contributed by atoms with Crippen LogP contribution in [0.1, 0.15) is 44.7 Å². The van der Waals surface area contributed by atoms with E-state index in [-0.39, 0.29) is 24.4 Å². The molecule has 0 fully saturated rings. The van der Waals surface area contributed by atoms with Crippen LogP contribution in [-0.2, 0) is 9.53 Å². The van der Waals surface area contributed by atoms with Crippen LogP contribution in [0.4, 0.5) is 9.18 Å². The first kappa shape index (κ1) is 19.1. The Morgan fingerprint density at radius 1 is 1.32 bits per heavy atom. The first-order valence-electron chi connectivity index (χ1n) is 8.24. The van der Waals surface area contributed by atoms with Crippen molar-refractivity contribution in [3.63, 3.8) is 0 Å². The lowest BCUT2D eigenvalue weighted by Crippen LogP contribution is -2.47. The van der Waals surface area contributed by atoms with Gasteiger partial charge in [-0.15, -0.1) is 11.3 Å². The molecule has 1 heterocycles. The Morgan fingerprint density at radius 2 is 2.08 bits per heavy atom. The summed E-state index contributed by atoms with van der Waals surface area (Å²) < 4.78 is 18.9. The van der Waals surface area contributed by atoms with Gasteiger partial charge in [0.1, 0.15) is 16.9 Å². The van der Waals surface area contributed by atoms with Gasteiger partial charge in [0.25, 0.3) is 0 Å². The number of amides is 2. The lowest BCUT2D eigenvalue weighted by Gasteiger charge is -2.19. The standard InChI is InChI=1S/C17H22FN3O3S/c1-4-6-13(21-17(23)24-5-2)15(22)19-10(3)16-20-12-8-7-11(18)9-14(12)25-16/h7-10,13H,4-6H2,1-3H3,(H,19,22)(H,21,23)/t10-,13+/m1/s1. The number of halogens is 1. The molecule has 0 bridgehead atoms. The molecule has 25 heavy (non-hydrogen) atoms. The lowest BCUT2D eigenvalue weighted by molar-refractivity contribution is -0.123. The molecule has 2 amide bonds. The van der Waals surface area contributed by atoms with E-state index >= 15 is 0 Å². The molecule has 0 unspecified atom stereocenters. The average molecular weight is 367 g/mol. The number of ether oxygens (including phenoxy) is 1. The van der Waals surface area contributed by atoms with E-state index in [1.165, 1.54) is 23.5 Å². The second-order valence-corrected chi connectivity index (χ2v) is 6.66. The van der Waals surface area contributed by atoms with Gasteiger partial charge < -0.3 is 15.4 Å². The topological polar surface area (TPSA) is 80.3 Å². The number of nitrogens with zero attached hydrogens (tertiary/aromatic N) is 1. The van der Waals surface area contributed by atoms with E-state index in [0.717, 1.165) is 11.1 Å². The molecule has 0 saturated carbocycles. The first-order chi connectivity index (χ1) is 11.9. The van der Waals surface area contributed by atoms with Crippen molar-refractivity contribution in [1.29, 1.82) is 0 Å². The maximum atomic E-state index is 13.3. The summed E-state index contributed by atoms with van der Waals surface area (Å²) in [5.74, 6) is -0.617. The van der Waals surface area contributed by atoms with Crippen molar-refractivity contribution >= 4 is 33.6 Å². The zero-order chi connectivity index (χ0) is 18.4. The molecule has 0 radical (unpaired) electrons. The molecule has 2 atom stereocenters. The maximum Gasteiger partial charge on any atom is 0.407 e. The smallest absolute Gasteiger partial charge is 0.407 e. The van der Waals surface area contributed by atoms with Crippen LogP contribution in [0.3, 0.4) is 0 Å². The lowest BCUT2D eigenvalue weighted by atomic mass is 10.1. The minimum absolute atomic E-state index is 0.241. The number of rotatable bonds is 7. The molecule has 2 aromatic rings. The zero-order valence-corrected chi connectivity index (χ0v) is 15.3. The molecule has 0 aliphatic rings. The molecule has 0 spiro atoms. The summed E-state index contributed by atoms with van der Waals surface area (Å²) >= 11 is 1.33. The minimum atomic E-state index is -0.668. The Labute approximate surface area is 149 Å². The highest BCUT2D eigenvalue weighted by molar-refractivity contribution is 7.18. The number of benzene rings is 1. The summed E-state index contributed by atoms with van der Waals surface area (Å²) in [7, 11) is 0. The second-order valence-electron chi connectivity index (χ2n) is 5.60. The predicted molar refractivity (Wildman–Crippen MR) is 95.0 cm³/mol. The van der Waals surface area contributed by atoms with Gasteiger partial charge in [-0.3, -0.25) is 4.79 Å². The van der Waals surface area contributed by atoms with Crippen molar-refractivity contribution in [2.75, 3.05) is 6.61 Å². The predicted octanol–water partition coefficient (Wildman–Crippen LogP) is 3.53. The summed E-state index contributed by atoms with van der Waals surface area (Å²) in [6, 6.07) is 3.37. The number of fused-ring (bicyclic) bond motifs is 1. The van der Waals surface area contributed by atoms with Crippen LogP contribution in [-0.4, -0.2) is 29.6 Å². The summed E-state index contributed by atoms with van der Waals surface area (Å²) in [6.07, 6.45) is 0.626. The van der Waals surface area contributed by atoms with Gasteiger partial charge in [0, 0.05) is 0 Å². The van der Waals surface area contributed by atoms with Crippen molar-refractivity contribution in [1.82, 2.24) is 15.6 Å². The Hall–Kier alpha value is -2.22. The van der Waals surface area contributed by atoms with Crippen LogP contribution in [0.5, 0.6) is 0 Å². The van der Waals surface area contributed by atoms with E-state index in [0.29, 0.717) is 16.9 Å². The summed E-state index contributed by atoms with van der Waals surface area (Å²) in [6.45, 7) is 5.68. The molecular weight excluding hydrogens is 345 g/mol. The fourth-order valence-corrected chi connectivity index (χ4v) is 3.34. The van der Waals surface area contributed by atoms with Crippen molar-refractivity contribution in [2.24, 2.45) is 0 Å². The summed E-state index contributed by atoms with van der Waals surface area (Å²) in [5, 5.41) is 6.10. The van der Waals surface area contributed by atoms with E-state index in [1.807, 2.05) is 6.92 Å². The van der Waals surface area contributed by atoms with Crippen LogP contribution in [0.2, 0.25) is 0 Å². The normalized spacial score (nSPS) is 13.3. The minimum Gasteiger partial charge on any atom is -0.450 e. The largest absolute Gasteiger partial charge is 0.450 e. The van der Waals surface area contributed by atoms with Gasteiger partial charge in [-0.05, 0) is 38.5 Å². The zero-order valence-electron chi connectivity index (χ0n) is 14.5. The van der Waals surface area contributed by atoms with Gasteiger partial charge in [0.05, 0.1) is 22.9 Å². The van der Waals surface area contributed by atoms with Crippen LogP contribution in [0.15, 0.2) is 18.2 Å². The van der Waals surface area contributed by atoms with Gasteiger partial charge in [-0.1, -0.05) is 13.3 Å². The third kappa shape index (κ3) is 5.12. The number of nitrogens with one attached hydrogen (secondary N) is 2. The number of aromatic nitrogens is 1. The van der Waals surface area contributed by atoms with Crippen molar-refractivity contribution in [3.8, 4) is 0 Å². The molecule has 6 nitrogen and oxygen atoms in total. The maximum absolute atomic E-state index is 13.3. The van der Waals surface area contributed by atoms with Gasteiger partial charge in [-0.25, -0.2) is 14.2 Å². The van der Waals surface area contributed by atoms with Gasteiger partial charge in [0.15, 0.2) is 0 Å². The molecule has 0 saturated heterocycles.